The van der Waals surface area contributed by atoms with Crippen LogP contribution >= 0.6 is 11.3 Å². The summed E-state index contributed by atoms with van der Waals surface area (Å²) < 4.78 is 11.3. The first-order valence-electron chi connectivity index (χ1n) is 7.91. The molecule has 0 bridgehead atoms. The summed E-state index contributed by atoms with van der Waals surface area (Å²) >= 11 is 1.67. The summed E-state index contributed by atoms with van der Waals surface area (Å²) in [5.74, 6) is 0.715. The van der Waals surface area contributed by atoms with E-state index in [1.54, 1.807) is 11.3 Å². The van der Waals surface area contributed by atoms with Crippen molar-refractivity contribution >= 4 is 17.2 Å². The van der Waals surface area contributed by atoms with Crippen molar-refractivity contribution in [2.45, 2.75) is 25.5 Å². The van der Waals surface area contributed by atoms with Gasteiger partial charge in [-0.1, -0.05) is 24.3 Å². The van der Waals surface area contributed by atoms with Gasteiger partial charge in [-0.25, -0.2) is 0 Å². The monoisotopic (exact) mass is 331 g/mol. The average Bonchev–Trinajstić information content (AvgIpc) is 3.27. The molecule has 0 radical (unpaired) electrons. The molecule has 1 aliphatic rings. The molecule has 0 spiro atoms. The van der Waals surface area contributed by atoms with Crippen LogP contribution < -0.4 is 4.74 Å². The third-order valence-corrected chi connectivity index (χ3v) is 4.69. The minimum atomic E-state index is -0.00208. The molecule has 1 fully saturated rings. The van der Waals surface area contributed by atoms with Crippen LogP contribution in [0.3, 0.4) is 0 Å². The number of hydrogen-bond acceptors (Lipinski definition) is 4. The molecule has 1 aliphatic heterocycles. The van der Waals surface area contributed by atoms with E-state index < -0.39 is 0 Å². The number of rotatable bonds is 7. The SMILES string of the molecule is O=C(COc1ccccc1)N(Cc1cccs1)CC1CCCO1. The van der Waals surface area contributed by atoms with Gasteiger partial charge in [0.2, 0.25) is 0 Å². The fraction of sp³-hybridized carbons (Fsp3) is 0.389. The summed E-state index contributed by atoms with van der Waals surface area (Å²) in [6.45, 7) is 2.11. The number of amides is 1. The molecule has 5 heteroatoms. The van der Waals surface area contributed by atoms with Gasteiger partial charge in [0.1, 0.15) is 5.75 Å². The number of carbonyl (C=O) groups is 1. The highest BCUT2D eigenvalue weighted by atomic mass is 32.1. The van der Waals surface area contributed by atoms with Crippen LogP contribution in [0, 0.1) is 0 Å². The molecule has 122 valence electrons. The van der Waals surface area contributed by atoms with Crippen molar-refractivity contribution in [2.24, 2.45) is 0 Å². The fourth-order valence-electron chi connectivity index (χ4n) is 2.63. The number of thiophene rings is 1. The van der Waals surface area contributed by atoms with Crippen molar-refractivity contribution in [2.75, 3.05) is 19.8 Å². The molecule has 2 heterocycles. The lowest BCUT2D eigenvalue weighted by Crippen LogP contribution is -2.39. The number of nitrogens with zero attached hydrogens (tertiary/aromatic N) is 1. The highest BCUT2D eigenvalue weighted by molar-refractivity contribution is 7.09. The van der Waals surface area contributed by atoms with Gasteiger partial charge < -0.3 is 14.4 Å². The van der Waals surface area contributed by atoms with Crippen molar-refractivity contribution in [1.29, 1.82) is 0 Å². The number of ether oxygens (including phenoxy) is 2. The van der Waals surface area contributed by atoms with Crippen LogP contribution in [0.2, 0.25) is 0 Å². The van der Waals surface area contributed by atoms with Gasteiger partial charge in [0.05, 0.1) is 12.6 Å². The van der Waals surface area contributed by atoms with Crippen LogP contribution in [-0.2, 0) is 16.1 Å². The van der Waals surface area contributed by atoms with Crippen LogP contribution in [0.4, 0.5) is 0 Å². The van der Waals surface area contributed by atoms with Crippen LogP contribution in [0.15, 0.2) is 47.8 Å². The van der Waals surface area contributed by atoms with Gasteiger partial charge in [0, 0.05) is 18.0 Å². The van der Waals surface area contributed by atoms with Crippen molar-refractivity contribution in [3.63, 3.8) is 0 Å². The van der Waals surface area contributed by atoms with Crippen LogP contribution in [0.1, 0.15) is 17.7 Å². The van der Waals surface area contributed by atoms with E-state index in [1.807, 2.05) is 46.7 Å². The van der Waals surface area contributed by atoms with Gasteiger partial charge in [-0.3, -0.25) is 4.79 Å². The molecule has 4 nitrogen and oxygen atoms in total. The topological polar surface area (TPSA) is 38.8 Å². The Hall–Kier alpha value is -1.85. The maximum atomic E-state index is 12.6. The maximum Gasteiger partial charge on any atom is 0.260 e. The maximum absolute atomic E-state index is 12.6. The first kappa shape index (κ1) is 16.0. The third kappa shape index (κ3) is 4.81. The molecule has 1 saturated heterocycles. The summed E-state index contributed by atoms with van der Waals surface area (Å²) in [4.78, 5) is 15.6. The van der Waals surface area contributed by atoms with Crippen molar-refractivity contribution < 1.29 is 14.3 Å². The van der Waals surface area contributed by atoms with Gasteiger partial charge in [-0.15, -0.1) is 11.3 Å². The Bertz CT molecular complexity index is 594. The Labute approximate surface area is 140 Å². The van der Waals surface area contributed by atoms with E-state index in [9.17, 15) is 4.79 Å². The van der Waals surface area contributed by atoms with E-state index in [1.165, 1.54) is 4.88 Å². The van der Waals surface area contributed by atoms with Crippen molar-refractivity contribution in [1.82, 2.24) is 4.90 Å². The largest absolute Gasteiger partial charge is 0.484 e. The minimum Gasteiger partial charge on any atom is -0.484 e. The zero-order chi connectivity index (χ0) is 15.9. The molecule has 1 unspecified atom stereocenters. The normalized spacial score (nSPS) is 17.1. The Morgan fingerprint density at radius 2 is 2.13 bits per heavy atom. The Morgan fingerprint density at radius 1 is 1.26 bits per heavy atom. The van der Waals surface area contributed by atoms with E-state index in [0.29, 0.717) is 18.8 Å². The van der Waals surface area contributed by atoms with E-state index in [4.69, 9.17) is 9.47 Å². The number of carbonyl (C=O) groups excluding carboxylic acids is 1. The summed E-state index contributed by atoms with van der Waals surface area (Å²) in [7, 11) is 0. The molecule has 3 rings (SSSR count). The minimum absolute atomic E-state index is 0.00208. The summed E-state index contributed by atoms with van der Waals surface area (Å²) in [6.07, 6.45) is 2.25. The fourth-order valence-corrected chi connectivity index (χ4v) is 3.35. The lowest BCUT2D eigenvalue weighted by atomic mass is 10.2. The first-order valence-corrected chi connectivity index (χ1v) is 8.79. The zero-order valence-electron chi connectivity index (χ0n) is 13.0. The molecule has 1 aromatic carbocycles. The molecule has 2 aromatic rings. The lowest BCUT2D eigenvalue weighted by Gasteiger charge is -2.25. The van der Waals surface area contributed by atoms with Crippen molar-refractivity contribution in [3.05, 3.63) is 52.7 Å². The molecule has 23 heavy (non-hydrogen) atoms. The third-order valence-electron chi connectivity index (χ3n) is 3.83. The highest BCUT2D eigenvalue weighted by Gasteiger charge is 2.23. The highest BCUT2D eigenvalue weighted by Crippen LogP contribution is 2.18. The smallest absolute Gasteiger partial charge is 0.260 e. The first-order chi connectivity index (χ1) is 11.3. The van der Waals surface area contributed by atoms with Gasteiger partial charge >= 0.3 is 0 Å². The molecule has 1 aromatic heterocycles. The summed E-state index contributed by atoms with van der Waals surface area (Å²) in [5, 5.41) is 2.03. The van der Waals surface area contributed by atoms with E-state index in [2.05, 4.69) is 6.07 Å². The molecule has 1 amide bonds. The predicted octanol–water partition coefficient (Wildman–Crippen LogP) is 3.33. The molecule has 0 saturated carbocycles. The van der Waals surface area contributed by atoms with Gasteiger partial charge in [0.25, 0.3) is 5.91 Å². The predicted molar refractivity (Wildman–Crippen MR) is 90.6 cm³/mol. The summed E-state index contributed by atoms with van der Waals surface area (Å²) in [6, 6.07) is 13.5. The van der Waals surface area contributed by atoms with E-state index in [-0.39, 0.29) is 18.6 Å². The Kier molecular flexibility index (Phi) is 5.66. The van der Waals surface area contributed by atoms with E-state index in [0.717, 1.165) is 19.4 Å². The second kappa shape index (κ2) is 8.13. The van der Waals surface area contributed by atoms with Crippen LogP contribution in [0.25, 0.3) is 0 Å². The Morgan fingerprint density at radius 3 is 2.83 bits per heavy atom. The average molecular weight is 331 g/mol. The molecular weight excluding hydrogens is 310 g/mol. The van der Waals surface area contributed by atoms with Gasteiger partial charge in [-0.2, -0.15) is 0 Å². The second-order valence-corrected chi connectivity index (χ2v) is 6.62. The molecule has 0 N–H and O–H groups in total. The standard InChI is InChI=1S/C18H21NO3S/c20-18(14-22-15-6-2-1-3-7-15)19(12-16-8-4-10-21-16)13-17-9-5-11-23-17/h1-3,5-7,9,11,16H,4,8,10,12-14H2. The Balaban J connectivity index is 1.59. The molecule has 0 aliphatic carbocycles. The van der Waals surface area contributed by atoms with E-state index >= 15 is 0 Å². The van der Waals surface area contributed by atoms with Gasteiger partial charge in [0.15, 0.2) is 6.61 Å². The number of benzene rings is 1. The quantitative estimate of drug-likeness (QED) is 0.781. The molecular formula is C18H21NO3S. The van der Waals surface area contributed by atoms with Gasteiger partial charge in [-0.05, 0) is 36.4 Å². The number of para-hydroxylation sites is 1. The number of hydrogen-bond donors (Lipinski definition) is 0. The second-order valence-electron chi connectivity index (χ2n) is 5.59. The zero-order valence-corrected chi connectivity index (χ0v) is 13.8. The lowest BCUT2D eigenvalue weighted by molar-refractivity contribution is -0.135. The summed E-state index contributed by atoms with van der Waals surface area (Å²) in [5.41, 5.74) is 0. The van der Waals surface area contributed by atoms with Crippen molar-refractivity contribution in [3.8, 4) is 5.75 Å². The molecule has 1 atom stereocenters. The van der Waals surface area contributed by atoms with Crippen LogP contribution in [-0.4, -0.2) is 36.7 Å². The van der Waals surface area contributed by atoms with Crippen LogP contribution in [0.5, 0.6) is 5.75 Å².